The highest BCUT2D eigenvalue weighted by atomic mass is 19.1. The van der Waals surface area contributed by atoms with Crippen molar-refractivity contribution in [1.82, 2.24) is 4.90 Å². The lowest BCUT2D eigenvalue weighted by molar-refractivity contribution is 0.0213. The third-order valence-electron chi connectivity index (χ3n) is 5.57. The van der Waals surface area contributed by atoms with Crippen LogP contribution in [0.2, 0.25) is 0 Å². The SMILES string of the molecule is COc1cccc(CN(C[C@H](O)COc2ccccc2)C[C@@H]2CC(c3ccc(F)cc3)=NO2)c1. The molecular weight excluding hydrogens is 435 g/mol. The van der Waals surface area contributed by atoms with Crippen molar-refractivity contribution < 1.29 is 23.8 Å². The molecular formula is C27H29FN2O4. The van der Waals surface area contributed by atoms with Crippen molar-refractivity contribution in [3.8, 4) is 11.5 Å². The summed E-state index contributed by atoms with van der Waals surface area (Å²) in [4.78, 5) is 7.82. The second kappa shape index (κ2) is 11.6. The first kappa shape index (κ1) is 23.7. The molecule has 0 radical (unpaired) electrons. The molecule has 178 valence electrons. The van der Waals surface area contributed by atoms with E-state index >= 15 is 0 Å². The van der Waals surface area contributed by atoms with E-state index in [2.05, 4.69) is 10.1 Å². The van der Waals surface area contributed by atoms with Crippen LogP contribution in [-0.4, -0.2) is 54.7 Å². The molecule has 0 aromatic heterocycles. The van der Waals surface area contributed by atoms with Crippen molar-refractivity contribution in [2.75, 3.05) is 26.8 Å². The molecule has 1 heterocycles. The molecule has 1 aliphatic heterocycles. The van der Waals surface area contributed by atoms with Gasteiger partial charge in [-0.1, -0.05) is 47.6 Å². The van der Waals surface area contributed by atoms with E-state index in [9.17, 15) is 9.50 Å². The second-order valence-corrected chi connectivity index (χ2v) is 8.30. The molecule has 1 aliphatic rings. The van der Waals surface area contributed by atoms with Gasteiger partial charge in [0.05, 0.1) is 12.8 Å². The van der Waals surface area contributed by atoms with Gasteiger partial charge in [0.25, 0.3) is 0 Å². The average molecular weight is 465 g/mol. The highest BCUT2D eigenvalue weighted by Crippen LogP contribution is 2.20. The molecule has 0 bridgehead atoms. The number of hydrogen-bond acceptors (Lipinski definition) is 6. The molecule has 0 amide bonds. The Bertz CT molecular complexity index is 1080. The van der Waals surface area contributed by atoms with Crippen molar-refractivity contribution in [2.24, 2.45) is 5.16 Å². The van der Waals surface area contributed by atoms with Crippen LogP contribution in [0.5, 0.6) is 11.5 Å². The lowest BCUT2D eigenvalue weighted by Crippen LogP contribution is -2.39. The molecule has 0 fully saturated rings. The van der Waals surface area contributed by atoms with E-state index in [1.165, 1.54) is 12.1 Å². The summed E-state index contributed by atoms with van der Waals surface area (Å²) in [7, 11) is 1.64. The van der Waals surface area contributed by atoms with Crippen LogP contribution in [0, 0.1) is 5.82 Å². The van der Waals surface area contributed by atoms with Gasteiger partial charge in [0, 0.05) is 26.1 Å². The average Bonchev–Trinajstić information content (AvgIpc) is 3.32. The van der Waals surface area contributed by atoms with Crippen LogP contribution in [0.15, 0.2) is 84.0 Å². The highest BCUT2D eigenvalue weighted by molar-refractivity contribution is 6.01. The van der Waals surface area contributed by atoms with Crippen molar-refractivity contribution in [3.05, 3.63) is 95.8 Å². The Morgan fingerprint density at radius 2 is 1.82 bits per heavy atom. The van der Waals surface area contributed by atoms with Crippen LogP contribution in [0.25, 0.3) is 0 Å². The first-order chi connectivity index (χ1) is 16.6. The highest BCUT2D eigenvalue weighted by Gasteiger charge is 2.26. The number of oxime groups is 1. The Balaban J connectivity index is 1.39. The maximum Gasteiger partial charge on any atom is 0.145 e. The van der Waals surface area contributed by atoms with Gasteiger partial charge < -0.3 is 19.4 Å². The van der Waals surface area contributed by atoms with E-state index in [1.807, 2.05) is 54.6 Å². The number of aliphatic hydroxyl groups is 1. The van der Waals surface area contributed by atoms with Crippen LogP contribution in [0.1, 0.15) is 17.5 Å². The normalized spacial score (nSPS) is 16.1. The van der Waals surface area contributed by atoms with Gasteiger partial charge in [-0.15, -0.1) is 0 Å². The van der Waals surface area contributed by atoms with Crippen molar-refractivity contribution in [3.63, 3.8) is 0 Å². The molecule has 0 saturated carbocycles. The van der Waals surface area contributed by atoms with E-state index in [-0.39, 0.29) is 18.5 Å². The van der Waals surface area contributed by atoms with Gasteiger partial charge in [-0.05, 0) is 47.5 Å². The maximum atomic E-state index is 13.3. The van der Waals surface area contributed by atoms with E-state index in [4.69, 9.17) is 14.3 Å². The predicted molar refractivity (Wildman–Crippen MR) is 129 cm³/mol. The smallest absolute Gasteiger partial charge is 0.145 e. The van der Waals surface area contributed by atoms with Gasteiger partial charge in [-0.2, -0.15) is 0 Å². The summed E-state index contributed by atoms with van der Waals surface area (Å²) in [5.74, 6) is 1.22. The number of hydrogen-bond donors (Lipinski definition) is 1. The molecule has 3 aromatic carbocycles. The standard InChI is InChI=1S/C27H29FN2O4/c1-32-25-9-5-6-20(14-25)16-30(17-23(31)19-33-24-7-3-2-4-8-24)18-26-15-27(29-34-26)21-10-12-22(28)13-11-21/h2-14,23,26,31H,15-19H2,1H3/t23-,26-/m0/s1. The third-order valence-corrected chi connectivity index (χ3v) is 5.57. The van der Waals surface area contributed by atoms with Gasteiger partial charge in [-0.3, -0.25) is 4.90 Å². The van der Waals surface area contributed by atoms with E-state index in [0.717, 1.165) is 28.3 Å². The fraction of sp³-hybridized carbons (Fsp3) is 0.296. The minimum Gasteiger partial charge on any atom is -0.497 e. The maximum absolute atomic E-state index is 13.3. The fourth-order valence-electron chi connectivity index (χ4n) is 3.92. The molecule has 2 atom stereocenters. The molecule has 0 unspecified atom stereocenters. The van der Waals surface area contributed by atoms with Crippen LogP contribution < -0.4 is 9.47 Å². The van der Waals surface area contributed by atoms with Crippen LogP contribution in [0.4, 0.5) is 4.39 Å². The molecule has 1 N–H and O–H groups in total. The van der Waals surface area contributed by atoms with Crippen LogP contribution in [0.3, 0.4) is 0 Å². The van der Waals surface area contributed by atoms with Crippen LogP contribution >= 0.6 is 0 Å². The summed E-state index contributed by atoms with van der Waals surface area (Å²) in [6, 6.07) is 23.5. The number of rotatable bonds is 11. The number of nitrogens with zero attached hydrogens (tertiary/aromatic N) is 2. The van der Waals surface area contributed by atoms with E-state index < -0.39 is 6.10 Å². The molecule has 0 spiro atoms. The number of para-hydroxylation sites is 1. The number of aliphatic hydroxyl groups excluding tert-OH is 1. The van der Waals surface area contributed by atoms with E-state index in [0.29, 0.717) is 26.1 Å². The quantitative estimate of drug-likeness (QED) is 0.459. The Morgan fingerprint density at radius 3 is 2.59 bits per heavy atom. The zero-order valence-corrected chi connectivity index (χ0v) is 19.1. The minimum absolute atomic E-state index is 0.173. The third kappa shape index (κ3) is 6.79. The Labute approximate surface area is 199 Å². The van der Waals surface area contributed by atoms with Crippen molar-refractivity contribution in [1.29, 1.82) is 0 Å². The summed E-state index contributed by atoms with van der Waals surface area (Å²) in [5, 5.41) is 14.9. The Kier molecular flexibility index (Phi) is 8.12. The number of benzene rings is 3. The van der Waals surface area contributed by atoms with Crippen molar-refractivity contribution in [2.45, 2.75) is 25.2 Å². The first-order valence-electron chi connectivity index (χ1n) is 11.3. The van der Waals surface area contributed by atoms with Gasteiger partial charge in [-0.25, -0.2) is 4.39 Å². The molecule has 3 aromatic rings. The molecule has 34 heavy (non-hydrogen) atoms. The topological polar surface area (TPSA) is 63.5 Å². The Morgan fingerprint density at radius 1 is 1.06 bits per heavy atom. The molecule has 7 heteroatoms. The molecule has 0 saturated heterocycles. The zero-order chi connectivity index (χ0) is 23.8. The summed E-state index contributed by atoms with van der Waals surface area (Å²) < 4.78 is 24.3. The van der Waals surface area contributed by atoms with Crippen LogP contribution in [-0.2, 0) is 11.4 Å². The summed E-state index contributed by atoms with van der Waals surface area (Å²) in [6.07, 6.45) is -0.255. The molecule has 6 nitrogen and oxygen atoms in total. The zero-order valence-electron chi connectivity index (χ0n) is 19.1. The van der Waals surface area contributed by atoms with Gasteiger partial charge in [0.2, 0.25) is 0 Å². The predicted octanol–water partition coefficient (Wildman–Crippen LogP) is 4.27. The molecule has 0 aliphatic carbocycles. The number of ether oxygens (including phenoxy) is 2. The monoisotopic (exact) mass is 464 g/mol. The number of methoxy groups -OCH3 is 1. The Hall–Kier alpha value is -3.42. The largest absolute Gasteiger partial charge is 0.497 e. The van der Waals surface area contributed by atoms with E-state index in [1.54, 1.807) is 19.2 Å². The number of halogens is 1. The summed E-state index contributed by atoms with van der Waals surface area (Å²) in [6.45, 7) is 1.75. The van der Waals surface area contributed by atoms with Crippen molar-refractivity contribution >= 4 is 5.71 Å². The first-order valence-corrected chi connectivity index (χ1v) is 11.3. The molecule has 4 rings (SSSR count). The van der Waals surface area contributed by atoms with Gasteiger partial charge >= 0.3 is 0 Å². The lowest BCUT2D eigenvalue weighted by Gasteiger charge is -2.27. The van der Waals surface area contributed by atoms with Gasteiger partial charge in [0.1, 0.15) is 36.1 Å². The minimum atomic E-state index is -0.690. The fourth-order valence-corrected chi connectivity index (χ4v) is 3.92. The second-order valence-electron chi connectivity index (χ2n) is 8.30. The lowest BCUT2D eigenvalue weighted by atomic mass is 10.0. The summed E-state index contributed by atoms with van der Waals surface area (Å²) in [5.41, 5.74) is 2.70. The van der Waals surface area contributed by atoms with Gasteiger partial charge in [0.15, 0.2) is 0 Å². The summed E-state index contributed by atoms with van der Waals surface area (Å²) >= 11 is 0.